The Balaban J connectivity index is 1.43. The highest BCUT2D eigenvalue weighted by atomic mass is 32.1. The van der Waals surface area contributed by atoms with Gasteiger partial charge in [0, 0.05) is 10.8 Å². The van der Waals surface area contributed by atoms with Crippen molar-refractivity contribution in [1.29, 1.82) is 0 Å². The highest BCUT2D eigenvalue weighted by molar-refractivity contribution is 7.36. The van der Waals surface area contributed by atoms with Crippen LogP contribution in [0.3, 0.4) is 0 Å². The summed E-state index contributed by atoms with van der Waals surface area (Å²) in [6.07, 6.45) is 4.37. The van der Waals surface area contributed by atoms with Crippen molar-refractivity contribution in [1.82, 2.24) is 0 Å². The van der Waals surface area contributed by atoms with Crippen LogP contribution in [0.1, 0.15) is 0 Å². The van der Waals surface area contributed by atoms with E-state index >= 15 is 0 Å². The molecule has 0 bridgehead atoms. The molecule has 0 fully saturated rings. The molecule has 9 rings (SSSR count). The molecule has 2 atom stereocenters. The first kappa shape index (κ1) is 17.8. The molecule has 34 heavy (non-hydrogen) atoms. The summed E-state index contributed by atoms with van der Waals surface area (Å²) >= 11 is 3.56. The number of benzene rings is 2. The third-order valence-electron chi connectivity index (χ3n) is 8.01. The van der Waals surface area contributed by atoms with Gasteiger partial charge in [-0.1, -0.05) is 44.7 Å². The lowest BCUT2D eigenvalue weighted by atomic mass is 9.29. The van der Waals surface area contributed by atoms with E-state index in [1.165, 1.54) is 31.3 Å². The Bertz CT molecular complexity index is 1680. The Kier molecular flexibility index (Phi) is 2.99. The van der Waals surface area contributed by atoms with E-state index in [9.17, 15) is 0 Å². The maximum Gasteiger partial charge on any atom is 0.518 e. The van der Waals surface area contributed by atoms with Gasteiger partial charge in [0.05, 0.1) is 0 Å². The molecule has 0 aliphatic carbocycles. The predicted octanol–water partition coefficient (Wildman–Crippen LogP) is 2.00. The van der Waals surface area contributed by atoms with Gasteiger partial charge in [0.15, 0.2) is 0 Å². The van der Waals surface area contributed by atoms with Crippen molar-refractivity contribution >= 4 is 77.9 Å². The first-order valence-electron chi connectivity index (χ1n) is 11.5. The molecule has 2 aromatic carbocycles. The van der Waals surface area contributed by atoms with Gasteiger partial charge in [0.25, 0.3) is 0 Å². The van der Waals surface area contributed by atoms with E-state index in [2.05, 4.69) is 105 Å². The molecule has 4 nitrogen and oxygen atoms in total. The molecule has 3 aliphatic rings. The zero-order valence-corrected chi connectivity index (χ0v) is 19.6. The fourth-order valence-electron chi connectivity index (χ4n) is 6.82. The number of hydrogen-bond donors (Lipinski definition) is 0. The van der Waals surface area contributed by atoms with Crippen molar-refractivity contribution in [2.45, 2.75) is 0 Å². The molecule has 0 saturated carbocycles. The van der Waals surface area contributed by atoms with Crippen LogP contribution in [0, 0.1) is 0 Å². The summed E-state index contributed by atoms with van der Waals surface area (Å²) in [7, 11) is 0. The molecule has 8 heteroatoms. The monoisotopic (exact) mass is 474 g/mol. The first-order valence-corrected chi connectivity index (χ1v) is 13.3. The van der Waals surface area contributed by atoms with Gasteiger partial charge in [-0.15, -0.1) is 0 Å². The lowest BCUT2D eigenvalue weighted by Crippen LogP contribution is -2.95. The predicted molar refractivity (Wildman–Crippen MR) is 139 cm³/mol. The number of pyridine rings is 2. The largest absolute Gasteiger partial charge is 0.646 e. The summed E-state index contributed by atoms with van der Waals surface area (Å²) in [6, 6.07) is 25.8. The SMILES string of the molecule is c1cc2c3c(c1)ccc[n+]3[B@@-]1(O2)c2ccsc2[B@@-]2(Oc3cccc4ccc[n+]2c34)c2ccsc21. The molecule has 3 aliphatic heterocycles. The minimum atomic E-state index is -1.65. The zero-order chi connectivity index (χ0) is 22.1. The molecular formula is C26H16B2N2O2S2. The topological polar surface area (TPSA) is 26.2 Å². The highest BCUT2D eigenvalue weighted by Gasteiger charge is 2.64. The summed E-state index contributed by atoms with van der Waals surface area (Å²) in [5.41, 5.74) is 4.78. The third kappa shape index (κ3) is 1.75. The second kappa shape index (κ2) is 5.71. The average Bonchev–Trinajstić information content (AvgIpc) is 3.65. The van der Waals surface area contributed by atoms with Gasteiger partial charge in [-0.3, -0.25) is 0 Å². The number of para-hydroxylation sites is 2. The number of aromatic nitrogens is 2. The summed E-state index contributed by atoms with van der Waals surface area (Å²) in [5.74, 6) is 1.90. The molecule has 0 amide bonds. The Morgan fingerprint density at radius 1 is 0.559 bits per heavy atom. The quantitative estimate of drug-likeness (QED) is 0.315. The second-order valence-electron chi connectivity index (χ2n) is 9.42. The first-order chi connectivity index (χ1) is 16.8. The van der Waals surface area contributed by atoms with E-state index in [-0.39, 0.29) is 0 Å². The molecule has 160 valence electrons. The molecule has 0 radical (unpaired) electrons. The van der Waals surface area contributed by atoms with E-state index < -0.39 is 13.0 Å². The number of hydrogen-bond acceptors (Lipinski definition) is 4. The Morgan fingerprint density at radius 2 is 1.03 bits per heavy atom. The lowest BCUT2D eigenvalue weighted by Gasteiger charge is -2.43. The van der Waals surface area contributed by atoms with Crippen LogP contribution < -0.4 is 38.7 Å². The van der Waals surface area contributed by atoms with Gasteiger partial charge in [-0.25, -0.2) is 0 Å². The van der Waals surface area contributed by atoms with Crippen LogP contribution in [0.25, 0.3) is 21.8 Å². The van der Waals surface area contributed by atoms with Gasteiger partial charge in [0.1, 0.15) is 23.9 Å². The van der Waals surface area contributed by atoms with Gasteiger partial charge < -0.3 is 18.3 Å². The normalized spacial score (nSPS) is 22.8. The van der Waals surface area contributed by atoms with Gasteiger partial charge in [0.2, 0.25) is 11.0 Å². The number of fused-ring (bicyclic) bond motifs is 8. The maximum atomic E-state index is 7.06. The molecule has 0 N–H and O–H groups in total. The standard InChI is InChI=1S/C26H16B2N2O2S2/c1-5-17-7-3-13-29-23(17)21(9-1)31-27(29)19-11-15-34-26(19)28(20-12-16-33-25(20)27)30-14-4-8-18-6-2-10-22(32-28)24(18)30/h1-16H/t27-,28+. The molecule has 2 spiro atoms. The minimum Gasteiger partial charge on any atom is -0.646 e. The lowest BCUT2D eigenvalue weighted by molar-refractivity contribution is -0.518. The van der Waals surface area contributed by atoms with Crippen molar-refractivity contribution in [3.63, 3.8) is 0 Å². The molecule has 4 aromatic heterocycles. The summed E-state index contributed by atoms with van der Waals surface area (Å²) in [6.45, 7) is -3.30. The van der Waals surface area contributed by atoms with Crippen molar-refractivity contribution < 1.29 is 18.3 Å². The smallest absolute Gasteiger partial charge is 0.518 e. The Hall–Kier alpha value is -3.61. The van der Waals surface area contributed by atoms with E-state index in [0.29, 0.717) is 0 Å². The number of thiophene rings is 2. The Morgan fingerprint density at radius 3 is 1.53 bits per heavy atom. The van der Waals surface area contributed by atoms with Gasteiger partial charge >= 0.3 is 13.0 Å². The molecule has 7 heterocycles. The van der Waals surface area contributed by atoms with Crippen molar-refractivity contribution in [2.24, 2.45) is 0 Å². The maximum absolute atomic E-state index is 7.06. The molecular weight excluding hydrogens is 458 g/mol. The molecule has 0 unspecified atom stereocenters. The second-order valence-corrected chi connectivity index (χ2v) is 11.3. The van der Waals surface area contributed by atoms with Crippen LogP contribution >= 0.6 is 22.7 Å². The fourth-order valence-corrected chi connectivity index (χ4v) is 9.22. The Labute approximate surface area is 203 Å². The van der Waals surface area contributed by atoms with Crippen LogP contribution in [-0.2, 0) is 0 Å². The van der Waals surface area contributed by atoms with E-state index in [4.69, 9.17) is 9.31 Å². The summed E-state index contributed by atoms with van der Waals surface area (Å²) in [5, 5.41) is 6.80. The number of nitrogens with zero attached hydrogens (tertiary/aromatic N) is 2. The number of rotatable bonds is 0. The van der Waals surface area contributed by atoms with Crippen LogP contribution in [0.5, 0.6) is 11.5 Å². The molecule has 0 saturated heterocycles. The third-order valence-corrected chi connectivity index (χ3v) is 10.2. The summed E-state index contributed by atoms with van der Waals surface area (Å²) in [4.78, 5) is 0. The van der Waals surface area contributed by atoms with Gasteiger partial charge in [-0.05, 0) is 59.3 Å². The fraction of sp³-hybridized carbons (Fsp3) is 0. The summed E-state index contributed by atoms with van der Waals surface area (Å²) < 4.78 is 21.4. The van der Waals surface area contributed by atoms with E-state index in [1.807, 2.05) is 0 Å². The zero-order valence-electron chi connectivity index (χ0n) is 17.9. The van der Waals surface area contributed by atoms with Crippen LogP contribution in [0.4, 0.5) is 0 Å². The molecule has 6 aromatic rings. The highest BCUT2D eigenvalue weighted by Crippen LogP contribution is 2.35. The van der Waals surface area contributed by atoms with E-state index in [1.54, 1.807) is 22.7 Å². The minimum absolute atomic E-state index is 0.948. The van der Waals surface area contributed by atoms with Gasteiger partial charge in [-0.2, -0.15) is 22.7 Å². The van der Waals surface area contributed by atoms with Crippen LogP contribution in [-0.4, -0.2) is 13.0 Å². The van der Waals surface area contributed by atoms with Crippen molar-refractivity contribution in [3.05, 3.63) is 96.0 Å². The van der Waals surface area contributed by atoms with E-state index in [0.717, 1.165) is 22.5 Å². The van der Waals surface area contributed by atoms with Crippen LogP contribution in [0.15, 0.2) is 96.0 Å². The average molecular weight is 474 g/mol. The van der Waals surface area contributed by atoms with Crippen LogP contribution in [0.2, 0.25) is 0 Å². The van der Waals surface area contributed by atoms with Crippen molar-refractivity contribution in [2.75, 3.05) is 0 Å². The van der Waals surface area contributed by atoms with Crippen molar-refractivity contribution in [3.8, 4) is 11.5 Å².